The van der Waals surface area contributed by atoms with Gasteiger partial charge in [-0.3, -0.25) is 9.89 Å². The van der Waals surface area contributed by atoms with Gasteiger partial charge < -0.3 is 20.3 Å². The summed E-state index contributed by atoms with van der Waals surface area (Å²) in [6.07, 6.45) is 3.78. The maximum absolute atomic E-state index is 5.50. The molecule has 0 amide bonds. The smallest absolute Gasteiger partial charge is 0.191 e. The quantitative estimate of drug-likeness (QED) is 0.575. The van der Waals surface area contributed by atoms with E-state index in [0.29, 0.717) is 12.1 Å². The van der Waals surface area contributed by atoms with E-state index in [4.69, 9.17) is 4.74 Å². The van der Waals surface area contributed by atoms with Gasteiger partial charge in [-0.15, -0.1) is 0 Å². The Kier molecular flexibility index (Phi) is 6.25. The predicted octanol–water partition coefficient (Wildman–Crippen LogP) is 1.92. The number of ether oxygens (including phenoxy) is 1. The van der Waals surface area contributed by atoms with Crippen LogP contribution < -0.4 is 20.3 Å². The number of aliphatic imine (C=N–C) groups is 1. The second-order valence-electron chi connectivity index (χ2n) is 7.45. The first-order valence-electron chi connectivity index (χ1n) is 9.69. The Hall–Kier alpha value is -1.95. The Morgan fingerprint density at radius 1 is 1.35 bits per heavy atom. The highest BCUT2D eigenvalue weighted by molar-refractivity contribution is 5.80. The van der Waals surface area contributed by atoms with Crippen molar-refractivity contribution in [3.05, 3.63) is 24.3 Å². The molecule has 3 rings (SSSR count). The van der Waals surface area contributed by atoms with Crippen molar-refractivity contribution in [2.75, 3.05) is 45.7 Å². The molecule has 1 aromatic rings. The van der Waals surface area contributed by atoms with Gasteiger partial charge in [-0.1, -0.05) is 12.1 Å². The Labute approximate surface area is 157 Å². The maximum atomic E-state index is 5.50. The van der Waals surface area contributed by atoms with E-state index < -0.39 is 0 Å². The molecule has 26 heavy (non-hydrogen) atoms. The Balaban J connectivity index is 1.48. The third kappa shape index (κ3) is 4.61. The topological polar surface area (TPSA) is 52.1 Å². The van der Waals surface area contributed by atoms with Gasteiger partial charge in [-0.2, -0.15) is 0 Å². The number of nitrogens with one attached hydrogen (secondary N) is 2. The molecule has 6 nitrogen and oxygen atoms in total. The van der Waals surface area contributed by atoms with E-state index in [1.165, 1.54) is 18.5 Å². The van der Waals surface area contributed by atoms with E-state index in [9.17, 15) is 0 Å². The number of para-hydroxylation sites is 2. The first kappa shape index (κ1) is 18.8. The molecule has 0 spiro atoms. The monoisotopic (exact) mass is 359 g/mol. The van der Waals surface area contributed by atoms with Gasteiger partial charge in [0.1, 0.15) is 5.75 Å². The van der Waals surface area contributed by atoms with Crippen LogP contribution in [0.15, 0.2) is 29.3 Å². The normalized spacial score (nSPS) is 21.8. The number of rotatable bonds is 7. The van der Waals surface area contributed by atoms with Gasteiger partial charge in [0.05, 0.1) is 12.8 Å². The Morgan fingerprint density at radius 3 is 2.81 bits per heavy atom. The zero-order chi connectivity index (χ0) is 18.5. The van der Waals surface area contributed by atoms with E-state index in [1.807, 2.05) is 19.2 Å². The summed E-state index contributed by atoms with van der Waals surface area (Å²) in [6, 6.07) is 9.91. The minimum Gasteiger partial charge on any atom is -0.495 e. The largest absolute Gasteiger partial charge is 0.495 e. The fourth-order valence-electron chi connectivity index (χ4n) is 3.61. The predicted molar refractivity (Wildman–Crippen MR) is 108 cm³/mol. The minimum atomic E-state index is 0.391. The highest BCUT2D eigenvalue weighted by Crippen LogP contribution is 2.30. The van der Waals surface area contributed by atoms with Gasteiger partial charge in [0.15, 0.2) is 5.96 Å². The minimum absolute atomic E-state index is 0.391. The van der Waals surface area contributed by atoms with Crippen molar-refractivity contribution < 1.29 is 4.74 Å². The van der Waals surface area contributed by atoms with Crippen molar-refractivity contribution in [1.29, 1.82) is 0 Å². The second kappa shape index (κ2) is 8.62. The molecule has 2 unspecified atom stereocenters. The van der Waals surface area contributed by atoms with Gasteiger partial charge in [-0.05, 0) is 45.4 Å². The number of methoxy groups -OCH3 is 1. The van der Waals surface area contributed by atoms with Crippen LogP contribution in [0.1, 0.15) is 26.2 Å². The van der Waals surface area contributed by atoms with E-state index >= 15 is 0 Å². The zero-order valence-corrected chi connectivity index (χ0v) is 16.5. The second-order valence-corrected chi connectivity index (χ2v) is 7.45. The van der Waals surface area contributed by atoms with Crippen LogP contribution in [0.3, 0.4) is 0 Å². The average molecular weight is 360 g/mol. The highest BCUT2D eigenvalue weighted by Gasteiger charge is 2.29. The van der Waals surface area contributed by atoms with Crippen molar-refractivity contribution >= 4 is 11.6 Å². The lowest BCUT2D eigenvalue weighted by atomic mass is 10.2. The molecule has 1 aliphatic heterocycles. The standard InChI is InChI=1S/C20H33N5O/c1-15(24(3)17-9-10-17)13-22-20(21-2)23-16-11-12-25(14-16)18-7-5-6-8-19(18)26-4/h5-8,15-17H,9-14H2,1-4H3,(H2,21,22,23). The molecule has 144 valence electrons. The lowest BCUT2D eigenvalue weighted by Gasteiger charge is -2.26. The highest BCUT2D eigenvalue weighted by atomic mass is 16.5. The van der Waals surface area contributed by atoms with Crippen LogP contribution in [-0.4, -0.2) is 69.8 Å². The molecule has 1 saturated carbocycles. The van der Waals surface area contributed by atoms with Crippen LogP contribution in [0.4, 0.5) is 5.69 Å². The number of nitrogens with zero attached hydrogens (tertiary/aromatic N) is 3. The molecule has 0 radical (unpaired) electrons. The molecule has 2 atom stereocenters. The summed E-state index contributed by atoms with van der Waals surface area (Å²) in [4.78, 5) is 9.26. The van der Waals surface area contributed by atoms with E-state index in [1.54, 1.807) is 7.11 Å². The first-order chi connectivity index (χ1) is 12.6. The summed E-state index contributed by atoms with van der Waals surface area (Å²) in [7, 11) is 5.80. The first-order valence-corrected chi connectivity index (χ1v) is 9.69. The van der Waals surface area contributed by atoms with Crippen LogP contribution in [0.5, 0.6) is 5.75 Å². The van der Waals surface area contributed by atoms with Crippen LogP contribution in [0.2, 0.25) is 0 Å². The fraction of sp³-hybridized carbons (Fsp3) is 0.650. The van der Waals surface area contributed by atoms with Crippen molar-refractivity contribution in [2.45, 2.75) is 44.3 Å². The molecule has 1 aromatic carbocycles. The number of hydrogen-bond acceptors (Lipinski definition) is 4. The molecular weight excluding hydrogens is 326 g/mol. The summed E-state index contributed by atoms with van der Waals surface area (Å²) >= 11 is 0. The van der Waals surface area contributed by atoms with Crippen molar-refractivity contribution in [1.82, 2.24) is 15.5 Å². The molecule has 1 aliphatic carbocycles. The summed E-state index contributed by atoms with van der Waals surface area (Å²) < 4.78 is 5.50. The van der Waals surface area contributed by atoms with Crippen molar-refractivity contribution in [3.8, 4) is 5.75 Å². The summed E-state index contributed by atoms with van der Waals surface area (Å²) in [6.45, 7) is 5.17. The SMILES string of the molecule is CN=C(NCC(C)N(C)C1CC1)NC1CCN(c2ccccc2OC)C1. The molecule has 6 heteroatoms. The van der Waals surface area contributed by atoms with Crippen LogP contribution in [0, 0.1) is 0 Å². The fourth-order valence-corrected chi connectivity index (χ4v) is 3.61. The molecule has 2 aliphatic rings. The molecule has 2 N–H and O–H groups in total. The summed E-state index contributed by atoms with van der Waals surface area (Å²) in [5.41, 5.74) is 1.17. The Bertz CT molecular complexity index is 616. The molecule has 2 fully saturated rings. The number of anilines is 1. The Morgan fingerprint density at radius 2 is 2.12 bits per heavy atom. The molecule has 1 saturated heterocycles. The lowest BCUT2D eigenvalue weighted by Crippen LogP contribution is -2.48. The third-order valence-corrected chi connectivity index (χ3v) is 5.56. The van der Waals surface area contributed by atoms with Gasteiger partial charge in [0.25, 0.3) is 0 Å². The van der Waals surface area contributed by atoms with Gasteiger partial charge in [-0.25, -0.2) is 0 Å². The van der Waals surface area contributed by atoms with E-state index in [-0.39, 0.29) is 0 Å². The zero-order valence-electron chi connectivity index (χ0n) is 16.5. The number of hydrogen-bond donors (Lipinski definition) is 2. The van der Waals surface area contributed by atoms with Crippen molar-refractivity contribution in [2.24, 2.45) is 4.99 Å². The number of guanidine groups is 1. The molecule has 0 bridgehead atoms. The molecule has 0 aromatic heterocycles. The van der Waals surface area contributed by atoms with Crippen molar-refractivity contribution in [3.63, 3.8) is 0 Å². The van der Waals surface area contributed by atoms with Gasteiger partial charge in [0, 0.05) is 44.8 Å². The summed E-state index contributed by atoms with van der Waals surface area (Å²) in [5, 5.41) is 7.07. The lowest BCUT2D eigenvalue weighted by molar-refractivity contribution is 0.247. The summed E-state index contributed by atoms with van der Waals surface area (Å²) in [5.74, 6) is 1.83. The van der Waals surface area contributed by atoms with Crippen LogP contribution in [0.25, 0.3) is 0 Å². The maximum Gasteiger partial charge on any atom is 0.191 e. The van der Waals surface area contributed by atoms with Gasteiger partial charge >= 0.3 is 0 Å². The molecule has 1 heterocycles. The number of likely N-dealkylation sites (N-methyl/N-ethyl adjacent to an activating group) is 1. The third-order valence-electron chi connectivity index (χ3n) is 5.56. The van der Waals surface area contributed by atoms with E-state index in [2.05, 4.69) is 51.5 Å². The average Bonchev–Trinajstić information content (AvgIpc) is 3.42. The van der Waals surface area contributed by atoms with Crippen LogP contribution >= 0.6 is 0 Å². The molecular formula is C20H33N5O. The van der Waals surface area contributed by atoms with Gasteiger partial charge in [0.2, 0.25) is 0 Å². The number of benzene rings is 1. The van der Waals surface area contributed by atoms with E-state index in [0.717, 1.165) is 43.8 Å². The van der Waals surface area contributed by atoms with Crippen LogP contribution in [-0.2, 0) is 0 Å².